The first kappa shape index (κ1) is 22.4. The van der Waals surface area contributed by atoms with Crippen molar-refractivity contribution in [1.29, 1.82) is 0 Å². The van der Waals surface area contributed by atoms with Crippen LogP contribution in [0.2, 0.25) is 0 Å². The van der Waals surface area contributed by atoms with Crippen molar-refractivity contribution in [3.63, 3.8) is 0 Å². The average molecular weight is 446 g/mol. The molecular weight excluding hydrogens is 422 g/mol. The molecule has 0 saturated heterocycles. The van der Waals surface area contributed by atoms with Crippen molar-refractivity contribution in [3.05, 3.63) is 48.5 Å². The van der Waals surface area contributed by atoms with Gasteiger partial charge in [0.2, 0.25) is 10.0 Å². The van der Waals surface area contributed by atoms with Gasteiger partial charge in [0, 0.05) is 18.8 Å². The Balaban J connectivity index is 1.53. The number of anilines is 1. The van der Waals surface area contributed by atoms with Crippen LogP contribution < -0.4 is 5.32 Å². The van der Waals surface area contributed by atoms with Crippen LogP contribution in [0.5, 0.6) is 0 Å². The highest BCUT2D eigenvalue weighted by molar-refractivity contribution is 7.89. The SMILES string of the molecule is CCN(CC)S(=O)(=O)c1ccc(NC(=O)COC(=O)Cn2nnc3ccccc32)cc1. The van der Waals surface area contributed by atoms with E-state index in [0.717, 1.165) is 0 Å². The first-order valence-electron chi connectivity index (χ1n) is 9.69. The van der Waals surface area contributed by atoms with Gasteiger partial charge in [-0.05, 0) is 36.4 Å². The minimum atomic E-state index is -3.57. The lowest BCUT2D eigenvalue weighted by molar-refractivity contribution is -0.148. The number of ether oxygens (including phenoxy) is 1. The minimum Gasteiger partial charge on any atom is -0.454 e. The van der Waals surface area contributed by atoms with Crippen LogP contribution in [0.4, 0.5) is 5.69 Å². The highest BCUT2D eigenvalue weighted by Gasteiger charge is 2.21. The average Bonchev–Trinajstić information content (AvgIpc) is 3.16. The number of aromatic nitrogens is 3. The van der Waals surface area contributed by atoms with E-state index in [4.69, 9.17) is 4.74 Å². The van der Waals surface area contributed by atoms with Gasteiger partial charge < -0.3 is 10.1 Å². The second-order valence-corrected chi connectivity index (χ2v) is 8.50. The summed E-state index contributed by atoms with van der Waals surface area (Å²) >= 11 is 0. The molecule has 1 heterocycles. The molecule has 0 unspecified atom stereocenters. The zero-order chi connectivity index (χ0) is 22.4. The van der Waals surface area contributed by atoms with E-state index in [1.165, 1.54) is 33.3 Å². The van der Waals surface area contributed by atoms with E-state index < -0.39 is 28.5 Å². The molecule has 0 aliphatic carbocycles. The minimum absolute atomic E-state index is 0.140. The molecule has 0 bridgehead atoms. The summed E-state index contributed by atoms with van der Waals surface area (Å²) in [6.45, 7) is 3.61. The molecule has 0 saturated carbocycles. The number of esters is 1. The van der Waals surface area contributed by atoms with Gasteiger partial charge in [-0.2, -0.15) is 4.31 Å². The summed E-state index contributed by atoms with van der Waals surface area (Å²) in [6, 6.07) is 13.0. The maximum Gasteiger partial charge on any atom is 0.328 e. The predicted molar refractivity (Wildman–Crippen MR) is 114 cm³/mol. The Kier molecular flexibility index (Phi) is 6.98. The summed E-state index contributed by atoms with van der Waals surface area (Å²) in [4.78, 5) is 24.2. The van der Waals surface area contributed by atoms with E-state index in [9.17, 15) is 18.0 Å². The fourth-order valence-corrected chi connectivity index (χ4v) is 4.43. The normalized spacial score (nSPS) is 11.6. The number of hydrogen-bond acceptors (Lipinski definition) is 7. The van der Waals surface area contributed by atoms with Crippen molar-refractivity contribution in [2.45, 2.75) is 25.3 Å². The van der Waals surface area contributed by atoms with Crippen molar-refractivity contribution in [3.8, 4) is 0 Å². The fourth-order valence-electron chi connectivity index (χ4n) is 2.97. The van der Waals surface area contributed by atoms with E-state index >= 15 is 0 Å². The molecular formula is C20H23N5O5S. The molecule has 3 aromatic rings. The van der Waals surface area contributed by atoms with Crippen LogP contribution in [0.1, 0.15) is 13.8 Å². The fraction of sp³-hybridized carbons (Fsp3) is 0.300. The number of fused-ring (bicyclic) bond motifs is 1. The Morgan fingerprint density at radius 1 is 1.06 bits per heavy atom. The van der Waals surface area contributed by atoms with E-state index in [0.29, 0.717) is 29.8 Å². The number of sulfonamides is 1. The number of nitrogens with one attached hydrogen (secondary N) is 1. The lowest BCUT2D eigenvalue weighted by Crippen LogP contribution is -2.30. The zero-order valence-electron chi connectivity index (χ0n) is 17.2. The number of carbonyl (C=O) groups excluding carboxylic acids is 2. The van der Waals surface area contributed by atoms with Gasteiger partial charge in [-0.3, -0.25) is 9.59 Å². The van der Waals surface area contributed by atoms with Crippen LogP contribution in [0.25, 0.3) is 11.0 Å². The van der Waals surface area contributed by atoms with E-state index in [2.05, 4.69) is 15.6 Å². The molecule has 0 atom stereocenters. The molecule has 0 aliphatic heterocycles. The molecule has 1 amide bonds. The summed E-state index contributed by atoms with van der Waals surface area (Å²) in [7, 11) is -3.57. The molecule has 11 heteroatoms. The van der Waals surface area contributed by atoms with Gasteiger partial charge in [0.05, 0.1) is 10.4 Å². The monoisotopic (exact) mass is 445 g/mol. The Hall–Kier alpha value is -3.31. The number of nitrogens with zero attached hydrogens (tertiary/aromatic N) is 4. The second kappa shape index (κ2) is 9.67. The van der Waals surface area contributed by atoms with Gasteiger partial charge in [0.1, 0.15) is 12.1 Å². The smallest absolute Gasteiger partial charge is 0.328 e. The maximum atomic E-state index is 12.5. The van der Waals surface area contributed by atoms with Gasteiger partial charge >= 0.3 is 5.97 Å². The molecule has 31 heavy (non-hydrogen) atoms. The predicted octanol–water partition coefficient (Wildman–Crippen LogP) is 1.64. The number of benzene rings is 2. The lowest BCUT2D eigenvalue weighted by atomic mass is 10.3. The highest BCUT2D eigenvalue weighted by atomic mass is 32.2. The Morgan fingerprint density at radius 3 is 2.42 bits per heavy atom. The van der Waals surface area contributed by atoms with E-state index in [1.54, 1.807) is 32.0 Å². The summed E-state index contributed by atoms with van der Waals surface area (Å²) in [5.41, 5.74) is 1.73. The summed E-state index contributed by atoms with van der Waals surface area (Å²) in [5.74, 6) is -1.18. The molecule has 2 aromatic carbocycles. The maximum absolute atomic E-state index is 12.5. The van der Waals surface area contributed by atoms with Gasteiger partial charge in [0.15, 0.2) is 6.61 Å². The standard InChI is InChI=1S/C20H23N5O5S/c1-3-24(4-2)31(28,29)16-11-9-15(10-12-16)21-19(26)14-30-20(27)13-25-18-8-6-5-7-17(18)22-23-25/h5-12H,3-4,13-14H2,1-2H3,(H,21,26). The third-order valence-electron chi connectivity index (χ3n) is 4.54. The molecule has 0 spiro atoms. The number of hydrogen-bond donors (Lipinski definition) is 1. The van der Waals surface area contributed by atoms with Crippen molar-refractivity contribution in [2.75, 3.05) is 25.0 Å². The summed E-state index contributed by atoms with van der Waals surface area (Å²) < 4.78 is 32.7. The van der Waals surface area contributed by atoms with Gasteiger partial charge in [0.25, 0.3) is 5.91 Å². The molecule has 10 nitrogen and oxygen atoms in total. The van der Waals surface area contributed by atoms with Crippen molar-refractivity contribution in [2.24, 2.45) is 0 Å². The molecule has 0 fully saturated rings. The van der Waals surface area contributed by atoms with E-state index in [1.807, 2.05) is 6.07 Å². The Bertz CT molecular complexity index is 1170. The van der Waals surface area contributed by atoms with Crippen LogP contribution >= 0.6 is 0 Å². The van der Waals surface area contributed by atoms with Crippen LogP contribution in [-0.2, 0) is 30.9 Å². The summed E-state index contributed by atoms with van der Waals surface area (Å²) in [6.07, 6.45) is 0. The first-order valence-corrected chi connectivity index (χ1v) is 11.1. The molecule has 1 aromatic heterocycles. The largest absolute Gasteiger partial charge is 0.454 e. The van der Waals surface area contributed by atoms with Gasteiger partial charge in [-0.25, -0.2) is 13.1 Å². The molecule has 0 aliphatic rings. The Labute approximate surface area is 179 Å². The van der Waals surface area contributed by atoms with Gasteiger partial charge in [-0.15, -0.1) is 5.10 Å². The summed E-state index contributed by atoms with van der Waals surface area (Å²) in [5, 5.41) is 10.4. The van der Waals surface area contributed by atoms with E-state index in [-0.39, 0.29) is 11.4 Å². The van der Waals surface area contributed by atoms with Crippen LogP contribution in [0.15, 0.2) is 53.4 Å². The van der Waals surface area contributed by atoms with Crippen molar-refractivity contribution >= 4 is 38.6 Å². The number of para-hydroxylation sites is 1. The molecule has 1 N–H and O–H groups in total. The second-order valence-electron chi connectivity index (χ2n) is 6.56. The molecule has 0 radical (unpaired) electrons. The first-order chi connectivity index (χ1) is 14.8. The Morgan fingerprint density at radius 2 is 1.74 bits per heavy atom. The number of carbonyl (C=O) groups is 2. The number of amides is 1. The lowest BCUT2D eigenvalue weighted by Gasteiger charge is -2.18. The number of rotatable bonds is 9. The topological polar surface area (TPSA) is 123 Å². The van der Waals surface area contributed by atoms with Crippen molar-refractivity contribution < 1.29 is 22.7 Å². The van der Waals surface area contributed by atoms with Crippen molar-refractivity contribution in [1.82, 2.24) is 19.3 Å². The van der Waals surface area contributed by atoms with Crippen LogP contribution in [-0.4, -0.2) is 59.3 Å². The third kappa shape index (κ3) is 5.25. The molecule has 3 rings (SSSR count). The van der Waals surface area contributed by atoms with Crippen LogP contribution in [0.3, 0.4) is 0 Å². The van der Waals surface area contributed by atoms with Crippen LogP contribution in [0, 0.1) is 0 Å². The third-order valence-corrected chi connectivity index (χ3v) is 6.61. The molecule has 164 valence electrons. The highest BCUT2D eigenvalue weighted by Crippen LogP contribution is 2.18. The zero-order valence-corrected chi connectivity index (χ0v) is 18.0. The van der Waals surface area contributed by atoms with Gasteiger partial charge in [-0.1, -0.05) is 31.2 Å². The quantitative estimate of drug-likeness (QED) is 0.497.